The third-order valence-electron chi connectivity index (χ3n) is 5.14. The maximum atomic E-state index is 13.1. The third kappa shape index (κ3) is 5.60. The van der Waals surface area contributed by atoms with Gasteiger partial charge in [0.15, 0.2) is 10.9 Å². The number of carbonyl (C=O) groups excluding carboxylic acids is 1. The maximum absolute atomic E-state index is 13.1. The van der Waals surface area contributed by atoms with Crippen LogP contribution in [0.1, 0.15) is 38.7 Å². The van der Waals surface area contributed by atoms with Crippen molar-refractivity contribution in [3.63, 3.8) is 0 Å². The summed E-state index contributed by atoms with van der Waals surface area (Å²) in [6, 6.07) is 17.4. The van der Waals surface area contributed by atoms with E-state index in [9.17, 15) is 4.79 Å². The highest BCUT2D eigenvalue weighted by Crippen LogP contribution is 2.24. The summed E-state index contributed by atoms with van der Waals surface area (Å²) in [6.07, 6.45) is 0. The van der Waals surface area contributed by atoms with Crippen molar-refractivity contribution in [2.45, 2.75) is 38.2 Å². The van der Waals surface area contributed by atoms with E-state index in [1.54, 1.807) is 11.8 Å². The molecule has 34 heavy (non-hydrogen) atoms. The predicted octanol–water partition coefficient (Wildman–Crippen LogP) is 4.21. The molecule has 0 spiro atoms. The highest BCUT2D eigenvalue weighted by atomic mass is 32.2. The summed E-state index contributed by atoms with van der Waals surface area (Å²) in [5.74, 6) is 0.881. The Morgan fingerprint density at radius 3 is 2.47 bits per heavy atom. The van der Waals surface area contributed by atoms with Gasteiger partial charge in [-0.05, 0) is 56.7 Å². The van der Waals surface area contributed by atoms with Crippen LogP contribution in [-0.4, -0.2) is 38.0 Å². The van der Waals surface area contributed by atoms with Gasteiger partial charge in [0.25, 0.3) is 5.91 Å². The average Bonchev–Trinajstić information content (AvgIpc) is 3.25. The van der Waals surface area contributed by atoms with E-state index in [1.807, 2.05) is 75.4 Å². The molecule has 174 valence electrons. The van der Waals surface area contributed by atoms with Crippen molar-refractivity contribution in [2.75, 3.05) is 7.11 Å². The zero-order valence-corrected chi connectivity index (χ0v) is 20.4. The van der Waals surface area contributed by atoms with Crippen LogP contribution in [-0.2, 0) is 12.3 Å². The summed E-state index contributed by atoms with van der Waals surface area (Å²) in [4.78, 5) is 22.1. The Morgan fingerprint density at radius 1 is 1.03 bits per heavy atom. The molecular formula is C25H26N6O2S. The van der Waals surface area contributed by atoms with Crippen LogP contribution in [0.15, 0.2) is 59.8 Å². The number of ether oxygens (including phenoxy) is 1. The first kappa shape index (κ1) is 23.4. The van der Waals surface area contributed by atoms with E-state index < -0.39 is 0 Å². The van der Waals surface area contributed by atoms with E-state index in [0.29, 0.717) is 23.1 Å². The van der Waals surface area contributed by atoms with Crippen molar-refractivity contribution in [3.8, 4) is 11.4 Å². The SMILES string of the molecule is COc1cccc(CNC(=O)c2nnn(-c3ccc(C)cc3)c2CSc2nc(C)cc(C)n2)c1. The summed E-state index contributed by atoms with van der Waals surface area (Å²) in [5, 5.41) is 12.1. The Balaban J connectivity index is 1.60. The molecule has 0 aliphatic heterocycles. The first-order valence-corrected chi connectivity index (χ1v) is 11.8. The molecule has 0 saturated heterocycles. The lowest BCUT2D eigenvalue weighted by Gasteiger charge is -2.10. The number of nitrogens with one attached hydrogen (secondary N) is 1. The second kappa shape index (κ2) is 10.5. The number of aromatic nitrogens is 5. The lowest BCUT2D eigenvalue weighted by Crippen LogP contribution is -2.24. The highest BCUT2D eigenvalue weighted by molar-refractivity contribution is 7.98. The van der Waals surface area contributed by atoms with Crippen LogP contribution in [0.2, 0.25) is 0 Å². The molecule has 4 aromatic rings. The number of thioether (sulfide) groups is 1. The number of aryl methyl sites for hydroxylation is 3. The topological polar surface area (TPSA) is 94.8 Å². The number of amides is 1. The largest absolute Gasteiger partial charge is 0.497 e. The molecule has 0 unspecified atom stereocenters. The third-order valence-corrected chi connectivity index (χ3v) is 6.00. The first-order chi connectivity index (χ1) is 16.4. The molecule has 2 heterocycles. The summed E-state index contributed by atoms with van der Waals surface area (Å²) in [7, 11) is 1.62. The standard InChI is InChI=1S/C25H26N6O2S/c1-16-8-10-20(11-9-16)31-22(15-34-25-27-17(2)12-18(3)28-25)23(29-30-31)24(32)26-14-19-6-5-7-21(13-19)33-4/h5-13H,14-15H2,1-4H3,(H,26,32). The van der Waals surface area contributed by atoms with Crippen LogP contribution in [0.3, 0.4) is 0 Å². The summed E-state index contributed by atoms with van der Waals surface area (Å²) in [5.41, 5.74) is 5.66. The molecule has 2 aromatic carbocycles. The number of hydrogen-bond donors (Lipinski definition) is 1. The highest BCUT2D eigenvalue weighted by Gasteiger charge is 2.21. The second-order valence-corrected chi connectivity index (χ2v) is 8.83. The molecule has 8 nitrogen and oxygen atoms in total. The van der Waals surface area contributed by atoms with Crippen molar-refractivity contribution in [1.82, 2.24) is 30.3 Å². The Morgan fingerprint density at radius 2 is 1.76 bits per heavy atom. The molecule has 0 radical (unpaired) electrons. The minimum absolute atomic E-state index is 0.278. The molecule has 9 heteroatoms. The number of benzene rings is 2. The van der Waals surface area contributed by atoms with Gasteiger partial charge < -0.3 is 10.1 Å². The molecule has 0 aliphatic carbocycles. The fourth-order valence-electron chi connectivity index (χ4n) is 3.44. The molecule has 2 aromatic heterocycles. The van der Waals surface area contributed by atoms with Gasteiger partial charge in [-0.25, -0.2) is 14.6 Å². The van der Waals surface area contributed by atoms with Crippen LogP contribution in [0, 0.1) is 20.8 Å². The Hall–Kier alpha value is -3.72. The Labute approximate surface area is 202 Å². The van der Waals surface area contributed by atoms with Crippen molar-refractivity contribution >= 4 is 17.7 Å². The molecule has 0 fully saturated rings. The van der Waals surface area contributed by atoms with Crippen LogP contribution in [0.4, 0.5) is 0 Å². The molecule has 4 rings (SSSR count). The van der Waals surface area contributed by atoms with E-state index in [1.165, 1.54) is 11.8 Å². The van der Waals surface area contributed by atoms with Gasteiger partial charge in [0, 0.05) is 23.7 Å². The zero-order chi connectivity index (χ0) is 24.1. The monoisotopic (exact) mass is 474 g/mol. The maximum Gasteiger partial charge on any atom is 0.274 e. The van der Waals surface area contributed by atoms with E-state index in [2.05, 4.69) is 25.6 Å². The van der Waals surface area contributed by atoms with Gasteiger partial charge in [-0.1, -0.05) is 46.8 Å². The molecule has 0 bridgehead atoms. The lowest BCUT2D eigenvalue weighted by molar-refractivity contribution is 0.0945. The first-order valence-electron chi connectivity index (χ1n) is 10.8. The fraction of sp³-hybridized carbons (Fsp3) is 0.240. The van der Waals surface area contributed by atoms with Gasteiger partial charge in [0.1, 0.15) is 5.75 Å². The second-order valence-electron chi connectivity index (χ2n) is 7.89. The van der Waals surface area contributed by atoms with Gasteiger partial charge in [-0.2, -0.15) is 0 Å². The van der Waals surface area contributed by atoms with E-state index in [4.69, 9.17) is 4.74 Å². The number of nitrogens with zero attached hydrogens (tertiary/aromatic N) is 5. The van der Waals surface area contributed by atoms with Crippen LogP contribution in [0.5, 0.6) is 5.75 Å². The van der Waals surface area contributed by atoms with Crippen molar-refractivity contribution in [2.24, 2.45) is 0 Å². The van der Waals surface area contributed by atoms with Crippen LogP contribution >= 0.6 is 11.8 Å². The van der Waals surface area contributed by atoms with Gasteiger partial charge >= 0.3 is 0 Å². The molecular weight excluding hydrogens is 448 g/mol. The number of rotatable bonds is 8. The average molecular weight is 475 g/mol. The van der Waals surface area contributed by atoms with Gasteiger partial charge in [-0.3, -0.25) is 4.79 Å². The smallest absolute Gasteiger partial charge is 0.274 e. The summed E-state index contributed by atoms with van der Waals surface area (Å²) in [6.45, 7) is 6.25. The molecule has 0 saturated carbocycles. The fourth-order valence-corrected chi connectivity index (χ4v) is 4.38. The van der Waals surface area contributed by atoms with Gasteiger partial charge in [-0.15, -0.1) is 5.10 Å². The quantitative estimate of drug-likeness (QED) is 0.302. The van der Waals surface area contributed by atoms with Gasteiger partial charge in [0.05, 0.1) is 18.5 Å². The molecule has 1 amide bonds. The van der Waals surface area contributed by atoms with Crippen LogP contribution in [0.25, 0.3) is 5.69 Å². The van der Waals surface area contributed by atoms with E-state index in [-0.39, 0.29) is 11.6 Å². The van der Waals surface area contributed by atoms with E-state index >= 15 is 0 Å². The number of methoxy groups -OCH3 is 1. The van der Waals surface area contributed by atoms with Gasteiger partial charge in [0.2, 0.25) is 0 Å². The number of carbonyl (C=O) groups is 1. The predicted molar refractivity (Wildman–Crippen MR) is 131 cm³/mol. The molecule has 0 aliphatic rings. The summed E-state index contributed by atoms with van der Waals surface area (Å²) >= 11 is 1.45. The summed E-state index contributed by atoms with van der Waals surface area (Å²) < 4.78 is 6.97. The Kier molecular flexibility index (Phi) is 7.22. The van der Waals surface area contributed by atoms with Crippen molar-refractivity contribution in [1.29, 1.82) is 0 Å². The minimum Gasteiger partial charge on any atom is -0.497 e. The van der Waals surface area contributed by atoms with Crippen molar-refractivity contribution < 1.29 is 9.53 Å². The minimum atomic E-state index is -0.293. The molecule has 0 atom stereocenters. The van der Waals surface area contributed by atoms with Crippen molar-refractivity contribution in [3.05, 3.63) is 88.5 Å². The normalized spacial score (nSPS) is 10.8. The number of hydrogen-bond acceptors (Lipinski definition) is 7. The van der Waals surface area contributed by atoms with E-state index in [0.717, 1.165) is 34.0 Å². The zero-order valence-electron chi connectivity index (χ0n) is 19.6. The van der Waals surface area contributed by atoms with Crippen LogP contribution < -0.4 is 10.1 Å². The molecule has 1 N–H and O–H groups in total. The lowest BCUT2D eigenvalue weighted by atomic mass is 10.2. The Bertz CT molecular complexity index is 1280.